The summed E-state index contributed by atoms with van der Waals surface area (Å²) in [7, 11) is 0. The van der Waals surface area contributed by atoms with Crippen molar-refractivity contribution in [3.8, 4) is 5.75 Å². The Labute approximate surface area is 144 Å². The molecule has 0 unspecified atom stereocenters. The number of halogens is 3. The van der Waals surface area contributed by atoms with Crippen LogP contribution in [0.1, 0.15) is 11.1 Å². The number of carbonyl (C=O) groups excluding carboxylic acids is 1. The molecule has 22 heavy (non-hydrogen) atoms. The first kappa shape index (κ1) is 16.9. The van der Waals surface area contributed by atoms with E-state index in [-0.39, 0.29) is 12.5 Å². The van der Waals surface area contributed by atoms with Gasteiger partial charge in [-0.2, -0.15) is 0 Å². The molecule has 0 aliphatic heterocycles. The third-order valence-electron chi connectivity index (χ3n) is 2.90. The molecular weight excluding hydrogens is 345 g/mol. The lowest BCUT2D eigenvalue weighted by Gasteiger charge is -2.12. The lowest BCUT2D eigenvalue weighted by atomic mass is 10.1. The Balaban J connectivity index is 2.02. The van der Waals surface area contributed by atoms with Crippen LogP contribution < -0.4 is 10.1 Å². The standard InChI is InChI=1S/C16H14Cl3NO2/c1-9-3-10(2)16(14(19)4-9)20-15(21)8-22-13-6-11(17)5-12(18)7-13/h3-7H,8H2,1-2H3,(H,20,21). The molecule has 0 aliphatic rings. The number of amides is 1. The molecule has 2 aromatic carbocycles. The summed E-state index contributed by atoms with van der Waals surface area (Å²) in [5, 5.41) is 4.13. The first-order valence-corrected chi connectivity index (χ1v) is 7.64. The summed E-state index contributed by atoms with van der Waals surface area (Å²) in [6.45, 7) is 3.66. The maximum atomic E-state index is 12.0. The number of aryl methyl sites for hydroxylation is 2. The molecule has 3 nitrogen and oxygen atoms in total. The minimum absolute atomic E-state index is 0.166. The Kier molecular flexibility index (Phi) is 5.57. The molecule has 6 heteroatoms. The SMILES string of the molecule is Cc1cc(C)c(NC(=O)COc2cc(Cl)cc(Cl)c2)c(Cl)c1. The summed E-state index contributed by atoms with van der Waals surface area (Å²) in [4.78, 5) is 12.0. The van der Waals surface area contributed by atoms with Gasteiger partial charge in [-0.3, -0.25) is 4.79 Å². The van der Waals surface area contributed by atoms with E-state index in [2.05, 4.69) is 5.32 Å². The van der Waals surface area contributed by atoms with Gasteiger partial charge >= 0.3 is 0 Å². The molecule has 0 aromatic heterocycles. The molecule has 0 aliphatic carbocycles. The first-order valence-electron chi connectivity index (χ1n) is 6.50. The molecule has 0 bridgehead atoms. The average molecular weight is 359 g/mol. The van der Waals surface area contributed by atoms with E-state index in [1.165, 1.54) is 0 Å². The van der Waals surface area contributed by atoms with Crippen molar-refractivity contribution in [2.24, 2.45) is 0 Å². The van der Waals surface area contributed by atoms with Gasteiger partial charge < -0.3 is 10.1 Å². The summed E-state index contributed by atoms with van der Waals surface area (Å²) in [6, 6.07) is 8.50. The fourth-order valence-corrected chi connectivity index (χ4v) is 2.88. The Morgan fingerprint density at radius 2 is 1.68 bits per heavy atom. The van der Waals surface area contributed by atoms with Gasteiger partial charge in [-0.25, -0.2) is 0 Å². The normalized spacial score (nSPS) is 10.4. The van der Waals surface area contributed by atoms with Crippen LogP contribution in [0, 0.1) is 13.8 Å². The van der Waals surface area contributed by atoms with Crippen molar-refractivity contribution in [2.75, 3.05) is 11.9 Å². The molecule has 2 rings (SSSR count). The van der Waals surface area contributed by atoms with Crippen LogP contribution in [0.5, 0.6) is 5.75 Å². The highest BCUT2D eigenvalue weighted by Gasteiger charge is 2.10. The van der Waals surface area contributed by atoms with E-state index in [1.54, 1.807) is 24.3 Å². The van der Waals surface area contributed by atoms with E-state index in [4.69, 9.17) is 39.5 Å². The Morgan fingerprint density at radius 1 is 1.05 bits per heavy atom. The molecule has 0 spiro atoms. The summed E-state index contributed by atoms with van der Waals surface area (Å²) in [5.41, 5.74) is 2.51. The summed E-state index contributed by atoms with van der Waals surface area (Å²) < 4.78 is 5.38. The maximum absolute atomic E-state index is 12.0. The zero-order chi connectivity index (χ0) is 16.3. The molecule has 1 N–H and O–H groups in total. The molecule has 1 amide bonds. The van der Waals surface area contributed by atoms with Gasteiger partial charge in [0.1, 0.15) is 5.75 Å². The van der Waals surface area contributed by atoms with Crippen LogP contribution in [0.15, 0.2) is 30.3 Å². The van der Waals surface area contributed by atoms with Crippen molar-refractivity contribution < 1.29 is 9.53 Å². The van der Waals surface area contributed by atoms with Crippen LogP contribution in [0.4, 0.5) is 5.69 Å². The van der Waals surface area contributed by atoms with Crippen LogP contribution in [0.25, 0.3) is 0 Å². The quantitative estimate of drug-likeness (QED) is 0.807. The fourth-order valence-electron chi connectivity index (χ4n) is 2.01. The van der Waals surface area contributed by atoms with Crippen molar-refractivity contribution in [2.45, 2.75) is 13.8 Å². The molecule has 2 aromatic rings. The highest BCUT2D eigenvalue weighted by atomic mass is 35.5. The number of carbonyl (C=O) groups is 1. The topological polar surface area (TPSA) is 38.3 Å². The average Bonchev–Trinajstić information content (AvgIpc) is 2.39. The van der Waals surface area contributed by atoms with Gasteiger partial charge in [0.25, 0.3) is 5.91 Å². The van der Waals surface area contributed by atoms with Gasteiger partial charge in [0.2, 0.25) is 0 Å². The molecule has 0 heterocycles. The summed E-state index contributed by atoms with van der Waals surface area (Å²) in [5.74, 6) is 0.115. The molecule has 0 atom stereocenters. The van der Waals surface area contributed by atoms with Crippen molar-refractivity contribution in [1.29, 1.82) is 0 Å². The number of anilines is 1. The number of rotatable bonds is 4. The van der Waals surface area contributed by atoms with E-state index in [0.717, 1.165) is 11.1 Å². The van der Waals surface area contributed by atoms with E-state index < -0.39 is 0 Å². The smallest absolute Gasteiger partial charge is 0.262 e. The highest BCUT2D eigenvalue weighted by molar-refractivity contribution is 6.35. The van der Waals surface area contributed by atoms with Crippen molar-refractivity contribution in [3.63, 3.8) is 0 Å². The predicted octanol–water partition coefficient (Wildman–Crippen LogP) is 5.28. The first-order chi connectivity index (χ1) is 10.3. The van der Waals surface area contributed by atoms with E-state index in [0.29, 0.717) is 26.5 Å². The predicted molar refractivity (Wildman–Crippen MR) is 91.5 cm³/mol. The van der Waals surface area contributed by atoms with Gasteiger partial charge in [-0.15, -0.1) is 0 Å². The second-order valence-electron chi connectivity index (χ2n) is 4.88. The Bertz CT molecular complexity index is 673. The lowest BCUT2D eigenvalue weighted by Crippen LogP contribution is -2.21. The summed E-state index contributed by atoms with van der Waals surface area (Å²) >= 11 is 17.9. The van der Waals surface area contributed by atoms with Gasteiger partial charge in [-0.1, -0.05) is 40.9 Å². The third kappa shape index (κ3) is 4.54. The van der Waals surface area contributed by atoms with Gasteiger partial charge in [0.15, 0.2) is 6.61 Å². The zero-order valence-electron chi connectivity index (χ0n) is 12.0. The Hall–Kier alpha value is -1.42. The van der Waals surface area contributed by atoms with E-state index in [9.17, 15) is 4.79 Å². The number of hydrogen-bond acceptors (Lipinski definition) is 2. The number of ether oxygens (including phenoxy) is 1. The van der Waals surface area contributed by atoms with Crippen LogP contribution >= 0.6 is 34.8 Å². The maximum Gasteiger partial charge on any atom is 0.262 e. The number of hydrogen-bond donors (Lipinski definition) is 1. The van der Waals surface area contributed by atoms with Gasteiger partial charge in [-0.05, 0) is 49.2 Å². The van der Waals surface area contributed by atoms with Gasteiger partial charge in [0.05, 0.1) is 10.7 Å². The third-order valence-corrected chi connectivity index (χ3v) is 3.64. The molecule has 0 saturated heterocycles. The molecular formula is C16H14Cl3NO2. The highest BCUT2D eigenvalue weighted by Crippen LogP contribution is 2.27. The molecule has 0 saturated carbocycles. The van der Waals surface area contributed by atoms with Crippen LogP contribution in [-0.2, 0) is 4.79 Å². The second kappa shape index (κ2) is 7.23. The second-order valence-corrected chi connectivity index (χ2v) is 6.16. The van der Waals surface area contributed by atoms with Crippen molar-refractivity contribution in [1.82, 2.24) is 0 Å². The fraction of sp³-hybridized carbons (Fsp3) is 0.188. The Morgan fingerprint density at radius 3 is 2.27 bits per heavy atom. The lowest BCUT2D eigenvalue weighted by molar-refractivity contribution is -0.118. The van der Waals surface area contributed by atoms with Crippen molar-refractivity contribution >= 4 is 46.4 Å². The molecule has 0 fully saturated rings. The van der Waals surface area contributed by atoms with E-state index >= 15 is 0 Å². The monoisotopic (exact) mass is 357 g/mol. The van der Waals surface area contributed by atoms with E-state index in [1.807, 2.05) is 19.9 Å². The minimum Gasteiger partial charge on any atom is -0.484 e. The molecule has 0 radical (unpaired) electrons. The zero-order valence-corrected chi connectivity index (χ0v) is 14.3. The van der Waals surface area contributed by atoms with Crippen LogP contribution in [0.3, 0.4) is 0 Å². The van der Waals surface area contributed by atoms with Crippen molar-refractivity contribution in [3.05, 3.63) is 56.5 Å². The van der Waals surface area contributed by atoms with Gasteiger partial charge in [0, 0.05) is 10.0 Å². The van der Waals surface area contributed by atoms with Crippen LogP contribution in [0.2, 0.25) is 15.1 Å². The summed E-state index contributed by atoms with van der Waals surface area (Å²) in [6.07, 6.45) is 0. The minimum atomic E-state index is -0.315. The number of nitrogens with one attached hydrogen (secondary N) is 1. The number of benzene rings is 2. The largest absolute Gasteiger partial charge is 0.484 e. The molecule has 116 valence electrons. The van der Waals surface area contributed by atoms with Crippen LogP contribution in [-0.4, -0.2) is 12.5 Å².